The molecule has 0 aliphatic heterocycles. The summed E-state index contributed by atoms with van der Waals surface area (Å²) in [5.74, 6) is 2.92. The van der Waals surface area contributed by atoms with E-state index in [0.717, 1.165) is 17.4 Å². The first-order chi connectivity index (χ1) is 9.13. The van der Waals surface area contributed by atoms with Crippen LogP contribution in [0.4, 0.5) is 10.1 Å². The average Bonchev–Trinajstić information content (AvgIpc) is 2.91. The molecule has 0 radical (unpaired) electrons. The summed E-state index contributed by atoms with van der Waals surface area (Å²) in [6.07, 6.45) is 1.21. The summed E-state index contributed by atoms with van der Waals surface area (Å²) in [5, 5.41) is 3.53. The molecule has 0 amide bonds. The van der Waals surface area contributed by atoms with E-state index in [1.54, 1.807) is 6.07 Å². The van der Waals surface area contributed by atoms with Crippen LogP contribution in [0, 0.1) is 11.7 Å². The predicted molar refractivity (Wildman–Crippen MR) is 74.0 cm³/mol. The smallest absolute Gasteiger partial charge is 0.124 e. The SMILES string of the molecule is CC1CC1c1ccc(CNc2ccc(F)cc2Cl)o1. The van der Waals surface area contributed by atoms with E-state index in [-0.39, 0.29) is 5.82 Å². The molecule has 2 aromatic rings. The highest BCUT2D eigenvalue weighted by Crippen LogP contribution is 2.47. The molecule has 3 rings (SSSR count). The van der Waals surface area contributed by atoms with E-state index in [4.69, 9.17) is 16.0 Å². The molecule has 0 bridgehead atoms. The molecule has 2 unspecified atom stereocenters. The minimum atomic E-state index is -0.335. The van der Waals surface area contributed by atoms with Gasteiger partial charge >= 0.3 is 0 Å². The number of hydrogen-bond donors (Lipinski definition) is 1. The number of furan rings is 1. The summed E-state index contributed by atoms with van der Waals surface area (Å²) in [4.78, 5) is 0. The molecule has 4 heteroatoms. The molecule has 1 saturated carbocycles. The van der Waals surface area contributed by atoms with E-state index < -0.39 is 0 Å². The van der Waals surface area contributed by atoms with Crippen molar-refractivity contribution in [3.05, 3.63) is 52.7 Å². The van der Waals surface area contributed by atoms with Gasteiger partial charge in [0, 0.05) is 5.92 Å². The van der Waals surface area contributed by atoms with Gasteiger partial charge in [-0.2, -0.15) is 0 Å². The van der Waals surface area contributed by atoms with Crippen molar-refractivity contribution >= 4 is 17.3 Å². The normalized spacial score (nSPS) is 21.4. The Labute approximate surface area is 116 Å². The molecule has 1 aliphatic carbocycles. The van der Waals surface area contributed by atoms with Crippen molar-refractivity contribution in [2.24, 2.45) is 5.92 Å². The molecule has 1 fully saturated rings. The summed E-state index contributed by atoms with van der Waals surface area (Å²) < 4.78 is 18.7. The van der Waals surface area contributed by atoms with Crippen molar-refractivity contribution in [1.29, 1.82) is 0 Å². The Hall–Kier alpha value is -1.48. The molecule has 1 aromatic carbocycles. The van der Waals surface area contributed by atoms with Crippen LogP contribution in [0.1, 0.15) is 30.8 Å². The number of rotatable bonds is 4. The van der Waals surface area contributed by atoms with Crippen LogP contribution in [0.15, 0.2) is 34.7 Å². The lowest BCUT2D eigenvalue weighted by Gasteiger charge is -2.06. The third-order valence-electron chi connectivity index (χ3n) is 3.54. The second-order valence-electron chi connectivity index (χ2n) is 5.10. The van der Waals surface area contributed by atoms with E-state index in [2.05, 4.69) is 12.2 Å². The maximum absolute atomic E-state index is 12.9. The summed E-state index contributed by atoms with van der Waals surface area (Å²) in [6.45, 7) is 2.77. The van der Waals surface area contributed by atoms with Gasteiger partial charge in [-0.25, -0.2) is 4.39 Å². The Balaban J connectivity index is 1.64. The number of benzene rings is 1. The van der Waals surface area contributed by atoms with Crippen molar-refractivity contribution in [3.8, 4) is 0 Å². The van der Waals surface area contributed by atoms with Crippen LogP contribution < -0.4 is 5.32 Å². The van der Waals surface area contributed by atoms with Crippen molar-refractivity contribution < 1.29 is 8.81 Å². The van der Waals surface area contributed by atoms with Gasteiger partial charge in [-0.1, -0.05) is 18.5 Å². The Bertz CT molecular complexity index is 596. The summed E-state index contributed by atoms with van der Waals surface area (Å²) >= 11 is 5.95. The summed E-state index contributed by atoms with van der Waals surface area (Å²) in [5.41, 5.74) is 0.709. The first kappa shape index (κ1) is 12.5. The zero-order valence-corrected chi connectivity index (χ0v) is 11.4. The van der Waals surface area contributed by atoms with Gasteiger partial charge in [0.25, 0.3) is 0 Å². The van der Waals surface area contributed by atoms with Crippen LogP contribution in [-0.2, 0) is 6.54 Å². The molecule has 2 atom stereocenters. The summed E-state index contributed by atoms with van der Waals surface area (Å²) in [6, 6.07) is 8.32. The van der Waals surface area contributed by atoms with Crippen molar-refractivity contribution in [1.82, 2.24) is 0 Å². The fourth-order valence-corrected chi connectivity index (χ4v) is 2.46. The second kappa shape index (κ2) is 4.89. The van der Waals surface area contributed by atoms with Gasteiger partial charge in [0.1, 0.15) is 17.3 Å². The molecule has 19 heavy (non-hydrogen) atoms. The Morgan fingerprint density at radius 3 is 2.84 bits per heavy atom. The molecule has 1 aliphatic rings. The Morgan fingerprint density at radius 1 is 1.37 bits per heavy atom. The van der Waals surface area contributed by atoms with Crippen LogP contribution in [0.2, 0.25) is 5.02 Å². The quantitative estimate of drug-likeness (QED) is 0.869. The standard InChI is InChI=1S/C15H15ClFNO/c1-9-6-12(9)15-5-3-11(19-15)8-18-14-4-2-10(17)7-13(14)16/h2-5,7,9,12,18H,6,8H2,1H3. The number of halogens is 2. The van der Waals surface area contributed by atoms with Gasteiger partial charge in [-0.05, 0) is 42.7 Å². The van der Waals surface area contributed by atoms with E-state index >= 15 is 0 Å². The van der Waals surface area contributed by atoms with Crippen LogP contribution >= 0.6 is 11.6 Å². The predicted octanol–water partition coefficient (Wildman–Crippen LogP) is 4.81. The minimum Gasteiger partial charge on any atom is -0.464 e. The zero-order chi connectivity index (χ0) is 13.4. The molecular formula is C15H15ClFNO. The Morgan fingerprint density at radius 2 is 2.16 bits per heavy atom. The second-order valence-corrected chi connectivity index (χ2v) is 5.51. The molecule has 1 N–H and O–H groups in total. The van der Waals surface area contributed by atoms with Crippen LogP contribution in [-0.4, -0.2) is 0 Å². The molecule has 1 aromatic heterocycles. The van der Waals surface area contributed by atoms with Crippen molar-refractivity contribution in [2.45, 2.75) is 25.8 Å². The average molecular weight is 280 g/mol. The van der Waals surface area contributed by atoms with Gasteiger partial charge < -0.3 is 9.73 Å². The molecule has 100 valence electrons. The zero-order valence-electron chi connectivity index (χ0n) is 10.6. The third-order valence-corrected chi connectivity index (χ3v) is 3.85. The lowest BCUT2D eigenvalue weighted by atomic mass is 10.3. The number of nitrogens with one attached hydrogen (secondary N) is 1. The Kier molecular flexibility index (Phi) is 3.23. The minimum absolute atomic E-state index is 0.335. The molecule has 2 nitrogen and oxygen atoms in total. The first-order valence-electron chi connectivity index (χ1n) is 6.41. The lowest BCUT2D eigenvalue weighted by Crippen LogP contribution is -1.98. The molecule has 0 saturated heterocycles. The van der Waals surface area contributed by atoms with Crippen LogP contribution in [0.5, 0.6) is 0 Å². The monoisotopic (exact) mass is 279 g/mol. The highest BCUT2D eigenvalue weighted by Gasteiger charge is 2.36. The van der Waals surface area contributed by atoms with E-state index in [9.17, 15) is 4.39 Å². The van der Waals surface area contributed by atoms with Crippen LogP contribution in [0.25, 0.3) is 0 Å². The first-order valence-corrected chi connectivity index (χ1v) is 6.79. The van der Waals surface area contributed by atoms with Crippen LogP contribution in [0.3, 0.4) is 0 Å². The maximum atomic E-state index is 12.9. The van der Waals surface area contributed by atoms with Gasteiger partial charge in [-0.15, -0.1) is 0 Å². The third kappa shape index (κ3) is 2.76. The van der Waals surface area contributed by atoms with E-state index in [1.165, 1.54) is 18.6 Å². The number of anilines is 1. The van der Waals surface area contributed by atoms with Gasteiger partial charge in [0.2, 0.25) is 0 Å². The largest absolute Gasteiger partial charge is 0.464 e. The van der Waals surface area contributed by atoms with Gasteiger partial charge in [0.05, 0.1) is 17.3 Å². The maximum Gasteiger partial charge on any atom is 0.124 e. The lowest BCUT2D eigenvalue weighted by molar-refractivity contribution is 0.468. The molecule has 1 heterocycles. The van der Waals surface area contributed by atoms with Gasteiger partial charge in [-0.3, -0.25) is 0 Å². The van der Waals surface area contributed by atoms with E-state index in [1.807, 2.05) is 12.1 Å². The molecular weight excluding hydrogens is 265 g/mol. The van der Waals surface area contributed by atoms with Crippen molar-refractivity contribution in [2.75, 3.05) is 5.32 Å². The molecule has 0 spiro atoms. The van der Waals surface area contributed by atoms with E-state index in [0.29, 0.717) is 23.2 Å². The topological polar surface area (TPSA) is 25.2 Å². The number of hydrogen-bond acceptors (Lipinski definition) is 2. The fourth-order valence-electron chi connectivity index (χ4n) is 2.22. The highest BCUT2D eigenvalue weighted by molar-refractivity contribution is 6.33. The van der Waals surface area contributed by atoms with Crippen molar-refractivity contribution in [3.63, 3.8) is 0 Å². The fraction of sp³-hybridized carbons (Fsp3) is 0.333. The van der Waals surface area contributed by atoms with Gasteiger partial charge in [0.15, 0.2) is 0 Å². The summed E-state index contributed by atoms with van der Waals surface area (Å²) in [7, 11) is 0. The highest BCUT2D eigenvalue weighted by atomic mass is 35.5.